The normalized spacial score (nSPS) is 11.3. The third-order valence-electron chi connectivity index (χ3n) is 8.28. The highest BCUT2D eigenvalue weighted by Gasteiger charge is 2.22. The summed E-state index contributed by atoms with van der Waals surface area (Å²) in [6.45, 7) is 5.78. The fourth-order valence-electron chi connectivity index (χ4n) is 5.32. The molecule has 1 aliphatic heterocycles. The standard InChI is InChI=1S/C27H23N3O6.C12H17N3O2S/c1-16-8-4-7-11-22(16)28-27(33)21-15-25(19-9-5-6-10-20(19)26(21)32)36-24-13-12-18(30(34)35)14-23(24)29(3)17(2)31;1-2-6-18-7-5-17-12(16)9-3-4-10-11(8-9)14-15-13-10/h4-15,32H,1-3H3,(H,28,33);3-4,8,13-15H,2,5-7H2,1H3. The molecule has 0 radical (unpaired) electrons. The molecule has 280 valence electrons. The maximum atomic E-state index is 13.2. The number of para-hydroxylation sites is 1. The lowest BCUT2D eigenvalue weighted by Crippen LogP contribution is -2.23. The highest BCUT2D eigenvalue weighted by Crippen LogP contribution is 2.41. The molecule has 0 aliphatic carbocycles. The lowest BCUT2D eigenvalue weighted by atomic mass is 10.0. The lowest BCUT2D eigenvalue weighted by molar-refractivity contribution is -0.384. The van der Waals surface area contributed by atoms with Crippen molar-refractivity contribution in [1.82, 2.24) is 5.53 Å². The molecule has 6 rings (SSSR count). The number of nitrogens with zero attached hydrogens (tertiary/aromatic N) is 2. The van der Waals surface area contributed by atoms with Crippen LogP contribution in [0, 0.1) is 17.0 Å². The van der Waals surface area contributed by atoms with E-state index in [0.717, 1.165) is 34.9 Å². The van der Waals surface area contributed by atoms with E-state index in [9.17, 15) is 29.6 Å². The van der Waals surface area contributed by atoms with Gasteiger partial charge in [-0.25, -0.2) is 4.79 Å². The van der Waals surface area contributed by atoms with Gasteiger partial charge in [-0.15, -0.1) is 5.53 Å². The molecular formula is C39H40N6O8S. The Morgan fingerprint density at radius 2 is 1.63 bits per heavy atom. The number of phenols is 1. The van der Waals surface area contributed by atoms with Crippen LogP contribution in [0.2, 0.25) is 0 Å². The largest absolute Gasteiger partial charge is 0.506 e. The van der Waals surface area contributed by atoms with Crippen LogP contribution in [-0.2, 0) is 9.53 Å². The molecule has 1 aliphatic rings. The van der Waals surface area contributed by atoms with Crippen molar-refractivity contribution < 1.29 is 33.9 Å². The number of benzene rings is 5. The molecule has 1 heterocycles. The molecule has 5 N–H and O–H groups in total. The molecule has 0 aromatic heterocycles. The summed E-state index contributed by atoms with van der Waals surface area (Å²) in [7, 11) is 1.48. The Bertz CT molecular complexity index is 2200. The summed E-state index contributed by atoms with van der Waals surface area (Å²) in [6, 6.07) is 24.7. The number of carbonyl (C=O) groups excluding carboxylic acids is 3. The fraction of sp³-hybridized carbons (Fsp3) is 0.205. The highest BCUT2D eigenvalue weighted by atomic mass is 32.2. The number of phenolic OH excluding ortho intramolecular Hbond substituents is 1. The van der Waals surface area contributed by atoms with Gasteiger partial charge >= 0.3 is 5.97 Å². The number of aromatic hydroxyl groups is 1. The van der Waals surface area contributed by atoms with Crippen LogP contribution < -0.4 is 31.3 Å². The number of thioether (sulfide) groups is 1. The molecular weight excluding hydrogens is 713 g/mol. The van der Waals surface area contributed by atoms with E-state index in [1.165, 1.54) is 43.1 Å². The average molecular weight is 753 g/mol. The molecule has 5 aromatic carbocycles. The Kier molecular flexibility index (Phi) is 12.9. The number of hydrogen-bond acceptors (Lipinski definition) is 12. The molecule has 2 amide bonds. The third kappa shape index (κ3) is 9.36. The number of amides is 2. The minimum absolute atomic E-state index is 0.0182. The summed E-state index contributed by atoms with van der Waals surface area (Å²) in [5.41, 5.74) is 12.3. The third-order valence-corrected chi connectivity index (χ3v) is 9.43. The number of rotatable bonds is 12. The summed E-state index contributed by atoms with van der Waals surface area (Å²) in [5, 5.41) is 25.9. The van der Waals surface area contributed by atoms with Crippen LogP contribution in [0.3, 0.4) is 0 Å². The SMILES string of the molecule is CC(=O)N(C)c1cc([N+](=O)[O-])ccc1Oc1cc(C(=O)Nc2ccccc2C)c(O)c2ccccc12.CCCSCCOC(=O)c1ccc2c(c1)NNN2. The van der Waals surface area contributed by atoms with Crippen molar-refractivity contribution in [3.8, 4) is 17.2 Å². The number of non-ortho nitro benzene ring substituents is 1. The van der Waals surface area contributed by atoms with Gasteiger partial charge in [-0.05, 0) is 61.1 Å². The number of hydrazine groups is 2. The maximum Gasteiger partial charge on any atom is 0.338 e. The topological polar surface area (TPSA) is 184 Å². The number of nitrogens with one attached hydrogen (secondary N) is 4. The molecule has 0 spiro atoms. The molecule has 0 saturated heterocycles. The van der Waals surface area contributed by atoms with E-state index >= 15 is 0 Å². The van der Waals surface area contributed by atoms with Crippen molar-refractivity contribution in [2.24, 2.45) is 0 Å². The maximum absolute atomic E-state index is 13.2. The Hall–Kier alpha value is -6.32. The molecule has 54 heavy (non-hydrogen) atoms. The molecule has 0 bridgehead atoms. The Balaban J connectivity index is 0.000000260. The first-order chi connectivity index (χ1) is 26.0. The predicted molar refractivity (Wildman–Crippen MR) is 212 cm³/mol. The Morgan fingerprint density at radius 1 is 0.907 bits per heavy atom. The van der Waals surface area contributed by atoms with E-state index in [2.05, 4.69) is 28.6 Å². The Labute approximate surface area is 315 Å². The number of esters is 1. The van der Waals surface area contributed by atoms with Crippen LogP contribution in [0.1, 0.15) is 46.5 Å². The second-order valence-corrected chi connectivity index (χ2v) is 13.3. The average Bonchev–Trinajstić information content (AvgIpc) is 3.65. The zero-order valence-corrected chi connectivity index (χ0v) is 30.9. The van der Waals surface area contributed by atoms with Gasteiger partial charge in [0.25, 0.3) is 11.6 Å². The van der Waals surface area contributed by atoms with Crippen LogP contribution in [0.5, 0.6) is 17.2 Å². The van der Waals surface area contributed by atoms with Gasteiger partial charge in [0, 0.05) is 48.3 Å². The van der Waals surface area contributed by atoms with Crippen LogP contribution in [0.15, 0.2) is 91.0 Å². The van der Waals surface area contributed by atoms with Crippen LogP contribution in [-0.4, -0.2) is 53.0 Å². The summed E-state index contributed by atoms with van der Waals surface area (Å²) in [4.78, 5) is 49.0. The zero-order chi connectivity index (χ0) is 38.8. The van der Waals surface area contributed by atoms with Crippen molar-refractivity contribution in [2.45, 2.75) is 27.2 Å². The number of ether oxygens (including phenoxy) is 2. The first kappa shape index (κ1) is 38.9. The molecule has 14 nitrogen and oxygen atoms in total. The van der Waals surface area contributed by atoms with Crippen LogP contribution >= 0.6 is 11.8 Å². The number of nitro groups is 1. The molecule has 15 heteroatoms. The van der Waals surface area contributed by atoms with E-state index < -0.39 is 10.8 Å². The molecule has 0 unspecified atom stereocenters. The van der Waals surface area contributed by atoms with Crippen LogP contribution in [0.25, 0.3) is 10.8 Å². The van der Waals surface area contributed by atoms with Gasteiger partial charge in [0.15, 0.2) is 5.75 Å². The molecule has 5 aromatic rings. The summed E-state index contributed by atoms with van der Waals surface area (Å²) in [5.74, 6) is 0.974. The van der Waals surface area contributed by atoms with Crippen molar-refractivity contribution in [3.05, 3.63) is 118 Å². The summed E-state index contributed by atoms with van der Waals surface area (Å²) < 4.78 is 11.3. The summed E-state index contributed by atoms with van der Waals surface area (Å²) in [6.07, 6.45) is 1.15. The monoisotopic (exact) mass is 752 g/mol. The molecule has 0 saturated carbocycles. The minimum Gasteiger partial charge on any atom is -0.506 e. The van der Waals surface area contributed by atoms with Gasteiger partial charge in [-0.1, -0.05) is 49.4 Å². The van der Waals surface area contributed by atoms with E-state index in [1.807, 2.05) is 25.1 Å². The number of nitro benzene ring substituents is 1. The highest BCUT2D eigenvalue weighted by molar-refractivity contribution is 7.99. The lowest BCUT2D eigenvalue weighted by Gasteiger charge is -2.20. The quantitative estimate of drug-likeness (QED) is 0.0358. The van der Waals surface area contributed by atoms with Crippen molar-refractivity contribution in [3.63, 3.8) is 0 Å². The van der Waals surface area contributed by atoms with Gasteiger partial charge in [-0.2, -0.15) is 11.8 Å². The van der Waals surface area contributed by atoms with Crippen molar-refractivity contribution in [2.75, 3.05) is 46.2 Å². The van der Waals surface area contributed by atoms with Gasteiger partial charge in [0.2, 0.25) is 5.91 Å². The zero-order valence-electron chi connectivity index (χ0n) is 30.1. The molecule has 0 fully saturated rings. The van der Waals surface area contributed by atoms with Gasteiger partial charge < -0.3 is 35.6 Å². The minimum atomic E-state index is -0.564. The summed E-state index contributed by atoms with van der Waals surface area (Å²) >= 11 is 1.80. The number of carbonyl (C=O) groups is 3. The smallest absolute Gasteiger partial charge is 0.338 e. The van der Waals surface area contributed by atoms with Crippen molar-refractivity contribution in [1.29, 1.82) is 0 Å². The first-order valence-electron chi connectivity index (χ1n) is 17.0. The van der Waals surface area contributed by atoms with Gasteiger partial charge in [0.05, 0.1) is 33.1 Å². The number of fused-ring (bicyclic) bond motifs is 2. The van der Waals surface area contributed by atoms with Crippen LogP contribution in [0.4, 0.5) is 28.4 Å². The van der Waals surface area contributed by atoms with E-state index in [4.69, 9.17) is 9.47 Å². The van der Waals surface area contributed by atoms with E-state index in [-0.39, 0.29) is 46.1 Å². The number of hydrogen-bond donors (Lipinski definition) is 5. The molecule has 0 atom stereocenters. The predicted octanol–water partition coefficient (Wildman–Crippen LogP) is 8.03. The van der Waals surface area contributed by atoms with Gasteiger partial charge in [-0.3, -0.25) is 19.7 Å². The first-order valence-corrected chi connectivity index (χ1v) is 18.1. The second-order valence-electron chi connectivity index (χ2n) is 12.1. The Morgan fingerprint density at radius 3 is 2.35 bits per heavy atom. The van der Waals surface area contributed by atoms with Gasteiger partial charge in [0.1, 0.15) is 18.1 Å². The number of aryl methyl sites for hydroxylation is 1. The fourth-order valence-corrected chi connectivity index (χ4v) is 6.01. The second kappa shape index (κ2) is 17.9. The van der Waals surface area contributed by atoms with E-state index in [1.54, 1.807) is 60.3 Å². The van der Waals surface area contributed by atoms with Crippen molar-refractivity contribution >= 4 is 68.8 Å². The van der Waals surface area contributed by atoms with E-state index in [0.29, 0.717) is 28.6 Å². The number of anilines is 4.